The van der Waals surface area contributed by atoms with Crippen LogP contribution in [0.5, 0.6) is 0 Å². The highest BCUT2D eigenvalue weighted by atomic mass is 16.3. The molecule has 0 spiro atoms. The van der Waals surface area contributed by atoms with Crippen molar-refractivity contribution in [1.82, 2.24) is 5.32 Å². The smallest absolute Gasteiger partial charge is 0.170 e. The molecule has 8 aromatic rings. The molecule has 54 heavy (non-hydrogen) atoms. The van der Waals surface area contributed by atoms with Crippen LogP contribution in [-0.4, -0.2) is 11.7 Å². The number of benzene rings is 7. The van der Waals surface area contributed by atoms with Crippen LogP contribution in [0.15, 0.2) is 184 Å². The SMILES string of the molecule is C1=CC2c3cc4ccccc4cc3CCC(c3cc(C4=NC(c5cccc6ccccc56)N=C(c5ccccc5)N4)cc4oc5ccccc5c34)C2C=C1. The summed E-state index contributed by atoms with van der Waals surface area (Å²) in [4.78, 5) is 10.7. The summed E-state index contributed by atoms with van der Waals surface area (Å²) in [6, 6.07) is 52.1. The summed E-state index contributed by atoms with van der Waals surface area (Å²) in [5, 5.41) is 11.0. The molecule has 4 unspecified atom stereocenters. The van der Waals surface area contributed by atoms with E-state index in [2.05, 4.69) is 169 Å². The highest BCUT2D eigenvalue weighted by Crippen LogP contribution is 2.49. The van der Waals surface area contributed by atoms with Crippen molar-refractivity contribution < 1.29 is 4.42 Å². The Kier molecular flexibility index (Phi) is 7.22. The summed E-state index contributed by atoms with van der Waals surface area (Å²) in [7, 11) is 0. The number of nitrogens with one attached hydrogen (secondary N) is 1. The molecule has 3 aliphatic rings. The molecule has 11 rings (SSSR count). The maximum atomic E-state index is 6.73. The number of aryl methyl sites for hydroxylation is 1. The molecule has 4 nitrogen and oxygen atoms in total. The summed E-state index contributed by atoms with van der Waals surface area (Å²) in [5.74, 6) is 2.41. The van der Waals surface area contributed by atoms with E-state index in [1.54, 1.807) is 0 Å². The number of allylic oxidation sites excluding steroid dienone is 4. The Hall–Kier alpha value is -6.52. The first-order valence-electron chi connectivity index (χ1n) is 19.0. The van der Waals surface area contributed by atoms with Gasteiger partial charge in [-0.2, -0.15) is 0 Å². The Morgan fingerprint density at radius 2 is 1.24 bits per heavy atom. The molecule has 4 atom stereocenters. The lowest BCUT2D eigenvalue weighted by Gasteiger charge is -2.31. The Morgan fingerprint density at radius 1 is 0.537 bits per heavy atom. The van der Waals surface area contributed by atoms with Gasteiger partial charge in [0.25, 0.3) is 0 Å². The number of aliphatic imine (C=N–C) groups is 2. The zero-order chi connectivity index (χ0) is 35.6. The fourth-order valence-electron chi connectivity index (χ4n) is 9.29. The van der Waals surface area contributed by atoms with Crippen LogP contribution in [0.2, 0.25) is 0 Å². The van der Waals surface area contributed by atoms with E-state index >= 15 is 0 Å². The second-order valence-electron chi connectivity index (χ2n) is 14.8. The van der Waals surface area contributed by atoms with Crippen LogP contribution in [0.4, 0.5) is 0 Å². The van der Waals surface area contributed by atoms with Gasteiger partial charge < -0.3 is 9.73 Å². The van der Waals surface area contributed by atoms with Gasteiger partial charge in [0.05, 0.1) is 0 Å². The first kappa shape index (κ1) is 31.0. The molecule has 7 aromatic carbocycles. The second kappa shape index (κ2) is 12.6. The van der Waals surface area contributed by atoms with E-state index < -0.39 is 6.17 Å². The van der Waals surface area contributed by atoms with E-state index in [4.69, 9.17) is 14.4 Å². The molecule has 1 aliphatic heterocycles. The number of hydrogen-bond acceptors (Lipinski definition) is 4. The predicted molar refractivity (Wildman–Crippen MR) is 223 cm³/mol. The lowest BCUT2D eigenvalue weighted by molar-refractivity contribution is 0.458. The van der Waals surface area contributed by atoms with E-state index in [9.17, 15) is 0 Å². The Balaban J connectivity index is 1.11. The minimum atomic E-state index is -0.422. The first-order chi connectivity index (χ1) is 26.7. The maximum Gasteiger partial charge on any atom is 0.170 e. The van der Waals surface area contributed by atoms with Gasteiger partial charge in [0.2, 0.25) is 0 Å². The van der Waals surface area contributed by atoms with Gasteiger partial charge >= 0.3 is 0 Å². The van der Waals surface area contributed by atoms with Crippen LogP contribution in [0.1, 0.15) is 57.8 Å². The third-order valence-electron chi connectivity index (χ3n) is 11.8. The molecule has 2 heterocycles. The van der Waals surface area contributed by atoms with Crippen LogP contribution in [0, 0.1) is 5.92 Å². The standard InChI is InChI=1S/C50H37N3O/c1-2-14-32(15-3-1)48-51-49(53-50(52-48)41-23-12-18-31-13-6-7-19-37(31)41)36-29-44(47-42-22-10-11-24-45(42)54-46(47)30-36)40-26-25-35-27-33-16-4-5-17-34(33)28-43(35)39-21-9-8-20-38(39)40/h1-24,27-30,38-40,50H,25-26H2,(H,51,52,53). The summed E-state index contributed by atoms with van der Waals surface area (Å²) in [5.41, 5.74) is 9.13. The van der Waals surface area contributed by atoms with Crippen LogP contribution in [0.3, 0.4) is 0 Å². The molecular formula is C50H37N3O. The summed E-state index contributed by atoms with van der Waals surface area (Å²) < 4.78 is 6.73. The van der Waals surface area contributed by atoms with Gasteiger partial charge in [-0.1, -0.05) is 152 Å². The maximum absolute atomic E-state index is 6.73. The average Bonchev–Trinajstić information content (AvgIpc) is 3.54. The Morgan fingerprint density at radius 3 is 2.11 bits per heavy atom. The fraction of sp³-hybridized carbons (Fsp3) is 0.120. The summed E-state index contributed by atoms with van der Waals surface area (Å²) in [6.45, 7) is 0. The third-order valence-corrected chi connectivity index (χ3v) is 11.8. The minimum Gasteiger partial charge on any atom is -0.456 e. The van der Waals surface area contributed by atoms with Gasteiger partial charge in [-0.05, 0) is 81.1 Å². The molecule has 0 saturated heterocycles. The van der Waals surface area contributed by atoms with E-state index in [0.29, 0.717) is 0 Å². The van der Waals surface area contributed by atoms with Crippen molar-refractivity contribution in [2.45, 2.75) is 30.8 Å². The van der Waals surface area contributed by atoms with E-state index in [0.717, 1.165) is 63.1 Å². The summed E-state index contributed by atoms with van der Waals surface area (Å²) >= 11 is 0. The van der Waals surface area contributed by atoms with Crippen LogP contribution < -0.4 is 5.32 Å². The molecule has 0 fully saturated rings. The van der Waals surface area contributed by atoms with Crippen molar-refractivity contribution in [3.8, 4) is 0 Å². The topological polar surface area (TPSA) is 49.9 Å². The molecule has 258 valence electrons. The average molecular weight is 696 g/mol. The highest BCUT2D eigenvalue weighted by Gasteiger charge is 2.36. The number of para-hydroxylation sites is 1. The molecule has 1 aromatic heterocycles. The van der Waals surface area contributed by atoms with Crippen molar-refractivity contribution in [1.29, 1.82) is 0 Å². The summed E-state index contributed by atoms with van der Waals surface area (Å²) in [6.07, 6.45) is 11.0. The van der Waals surface area contributed by atoms with Gasteiger partial charge in [-0.3, -0.25) is 0 Å². The number of furan rings is 1. The van der Waals surface area contributed by atoms with Crippen molar-refractivity contribution in [3.63, 3.8) is 0 Å². The third kappa shape index (κ3) is 5.13. The van der Waals surface area contributed by atoms with Crippen molar-refractivity contribution in [2.24, 2.45) is 15.9 Å². The zero-order valence-electron chi connectivity index (χ0n) is 29.7. The van der Waals surface area contributed by atoms with Gasteiger partial charge in [0, 0.05) is 33.4 Å². The molecule has 1 N–H and O–H groups in total. The first-order valence-corrected chi connectivity index (χ1v) is 19.0. The quantitative estimate of drug-likeness (QED) is 0.199. The molecule has 0 saturated carbocycles. The van der Waals surface area contributed by atoms with Crippen molar-refractivity contribution >= 4 is 55.2 Å². The lowest BCUT2D eigenvalue weighted by atomic mass is 9.72. The lowest BCUT2D eigenvalue weighted by Crippen LogP contribution is -2.36. The Labute approximate surface area is 313 Å². The fourth-order valence-corrected chi connectivity index (χ4v) is 9.29. The number of hydrogen-bond donors (Lipinski definition) is 1. The monoisotopic (exact) mass is 695 g/mol. The van der Waals surface area contributed by atoms with Crippen LogP contribution in [-0.2, 0) is 6.42 Å². The molecular weight excluding hydrogens is 659 g/mol. The molecule has 0 bridgehead atoms. The zero-order valence-corrected chi connectivity index (χ0v) is 29.7. The number of nitrogens with zero attached hydrogens (tertiary/aromatic N) is 2. The number of rotatable bonds is 4. The number of fused-ring (bicyclic) bond motifs is 8. The van der Waals surface area contributed by atoms with E-state index in [1.165, 1.54) is 38.2 Å². The van der Waals surface area contributed by atoms with E-state index in [-0.39, 0.29) is 17.8 Å². The molecule has 0 amide bonds. The van der Waals surface area contributed by atoms with Gasteiger partial charge in [0.1, 0.15) is 22.8 Å². The molecule has 0 radical (unpaired) electrons. The van der Waals surface area contributed by atoms with Gasteiger partial charge in [-0.25, -0.2) is 9.98 Å². The van der Waals surface area contributed by atoms with Gasteiger partial charge in [0.15, 0.2) is 6.17 Å². The number of amidine groups is 2. The van der Waals surface area contributed by atoms with Gasteiger partial charge in [-0.15, -0.1) is 0 Å². The molecule has 4 heteroatoms. The normalized spacial score (nSPS) is 20.7. The second-order valence-corrected chi connectivity index (χ2v) is 14.8. The van der Waals surface area contributed by atoms with Crippen molar-refractivity contribution in [3.05, 3.63) is 203 Å². The largest absolute Gasteiger partial charge is 0.456 e. The molecule has 2 aliphatic carbocycles. The highest BCUT2D eigenvalue weighted by molar-refractivity contribution is 6.18. The Bertz CT molecular complexity index is 2890. The van der Waals surface area contributed by atoms with Crippen molar-refractivity contribution in [2.75, 3.05) is 0 Å². The van der Waals surface area contributed by atoms with Crippen LogP contribution in [0.25, 0.3) is 43.5 Å². The van der Waals surface area contributed by atoms with E-state index in [1.807, 2.05) is 6.07 Å². The van der Waals surface area contributed by atoms with Crippen LogP contribution >= 0.6 is 0 Å². The minimum absolute atomic E-state index is 0.246. The predicted octanol–water partition coefficient (Wildman–Crippen LogP) is 11.9.